The number of tetrazole rings is 1. The molecule has 0 saturated heterocycles. The molecule has 0 bridgehead atoms. The van der Waals surface area contributed by atoms with E-state index in [2.05, 4.69) is 57.0 Å². The second-order valence-electron chi connectivity index (χ2n) is 4.66. The van der Waals surface area contributed by atoms with Crippen LogP contribution in [-0.2, 0) is 6.42 Å². The van der Waals surface area contributed by atoms with Crippen molar-refractivity contribution in [2.75, 3.05) is 0 Å². The summed E-state index contributed by atoms with van der Waals surface area (Å²) in [6.07, 6.45) is 0.700. The zero-order chi connectivity index (χ0) is 13.8. The van der Waals surface area contributed by atoms with Gasteiger partial charge in [-0.2, -0.15) is 0 Å². The van der Waals surface area contributed by atoms with Gasteiger partial charge in [0.25, 0.3) is 0 Å². The van der Waals surface area contributed by atoms with Crippen molar-refractivity contribution in [3.8, 4) is 11.1 Å². The molecule has 1 atom stereocenters. The molecule has 2 aromatic carbocycles. The molecule has 0 amide bonds. The lowest BCUT2D eigenvalue weighted by molar-refractivity contribution is 0.669. The number of hydrogen-bond donors (Lipinski definition) is 2. The van der Waals surface area contributed by atoms with Gasteiger partial charge in [0.2, 0.25) is 0 Å². The van der Waals surface area contributed by atoms with Gasteiger partial charge in [-0.1, -0.05) is 54.6 Å². The molecule has 20 heavy (non-hydrogen) atoms. The highest BCUT2D eigenvalue weighted by molar-refractivity contribution is 5.63. The number of benzene rings is 2. The van der Waals surface area contributed by atoms with E-state index in [1.807, 2.05) is 18.2 Å². The molecule has 5 nitrogen and oxygen atoms in total. The van der Waals surface area contributed by atoms with Gasteiger partial charge in [0, 0.05) is 0 Å². The number of aromatic amines is 1. The summed E-state index contributed by atoms with van der Waals surface area (Å²) in [6, 6.07) is 18.5. The van der Waals surface area contributed by atoms with Gasteiger partial charge in [-0.05, 0) is 33.5 Å². The SMILES string of the molecule is N[C@@H](Cc1ccc(-c2ccccc2)cc1)c1nnn[nH]1. The molecule has 3 aromatic rings. The Bertz CT molecular complexity index is 647. The minimum atomic E-state index is -0.215. The number of nitrogens with two attached hydrogens (primary N) is 1. The predicted octanol–water partition coefficient (Wildman–Crippen LogP) is 2.11. The van der Waals surface area contributed by atoms with Gasteiger partial charge in [0.1, 0.15) is 0 Å². The third-order valence-electron chi connectivity index (χ3n) is 3.23. The van der Waals surface area contributed by atoms with Crippen LogP contribution in [0.15, 0.2) is 54.6 Å². The fourth-order valence-electron chi connectivity index (χ4n) is 2.14. The molecular formula is C15H15N5. The van der Waals surface area contributed by atoms with E-state index in [-0.39, 0.29) is 6.04 Å². The van der Waals surface area contributed by atoms with Gasteiger partial charge >= 0.3 is 0 Å². The molecule has 0 aliphatic carbocycles. The van der Waals surface area contributed by atoms with Gasteiger partial charge in [-0.25, -0.2) is 5.10 Å². The lowest BCUT2D eigenvalue weighted by Crippen LogP contribution is -2.15. The van der Waals surface area contributed by atoms with Gasteiger partial charge in [-0.3, -0.25) is 0 Å². The summed E-state index contributed by atoms with van der Waals surface area (Å²) >= 11 is 0. The van der Waals surface area contributed by atoms with Crippen LogP contribution in [0.25, 0.3) is 11.1 Å². The number of H-pyrrole nitrogens is 1. The summed E-state index contributed by atoms with van der Waals surface area (Å²) in [5.41, 5.74) is 9.62. The first-order valence-electron chi connectivity index (χ1n) is 6.46. The fraction of sp³-hybridized carbons (Fsp3) is 0.133. The topological polar surface area (TPSA) is 80.5 Å². The maximum atomic E-state index is 6.05. The quantitative estimate of drug-likeness (QED) is 0.757. The van der Waals surface area contributed by atoms with E-state index < -0.39 is 0 Å². The molecule has 0 unspecified atom stereocenters. The zero-order valence-corrected chi connectivity index (χ0v) is 10.9. The highest BCUT2D eigenvalue weighted by atomic mass is 15.5. The minimum Gasteiger partial charge on any atom is -0.321 e. The molecule has 0 saturated carbocycles. The summed E-state index contributed by atoms with van der Waals surface area (Å²) < 4.78 is 0. The second kappa shape index (κ2) is 5.63. The van der Waals surface area contributed by atoms with Crippen LogP contribution in [0, 0.1) is 0 Å². The monoisotopic (exact) mass is 265 g/mol. The molecule has 3 rings (SSSR count). The van der Waals surface area contributed by atoms with Crippen LogP contribution in [0.3, 0.4) is 0 Å². The lowest BCUT2D eigenvalue weighted by atomic mass is 10.0. The van der Waals surface area contributed by atoms with Crippen molar-refractivity contribution in [2.24, 2.45) is 5.73 Å². The Morgan fingerprint density at radius 1 is 0.950 bits per heavy atom. The first-order valence-corrected chi connectivity index (χ1v) is 6.46. The van der Waals surface area contributed by atoms with Gasteiger partial charge < -0.3 is 5.73 Å². The van der Waals surface area contributed by atoms with Crippen LogP contribution < -0.4 is 5.73 Å². The van der Waals surface area contributed by atoms with E-state index >= 15 is 0 Å². The molecule has 1 heterocycles. The molecule has 0 fully saturated rings. The van der Waals surface area contributed by atoms with Crippen molar-refractivity contribution in [3.63, 3.8) is 0 Å². The third-order valence-corrected chi connectivity index (χ3v) is 3.23. The Morgan fingerprint density at radius 3 is 2.30 bits per heavy atom. The molecule has 5 heteroatoms. The molecule has 0 radical (unpaired) electrons. The van der Waals surface area contributed by atoms with Crippen molar-refractivity contribution in [3.05, 3.63) is 66.0 Å². The van der Waals surface area contributed by atoms with E-state index in [0.717, 1.165) is 5.56 Å². The normalized spacial score (nSPS) is 12.2. The Balaban J connectivity index is 1.74. The van der Waals surface area contributed by atoms with Gasteiger partial charge in [0.15, 0.2) is 5.82 Å². The Labute approximate surface area is 116 Å². The Morgan fingerprint density at radius 2 is 1.65 bits per heavy atom. The van der Waals surface area contributed by atoms with E-state index in [4.69, 9.17) is 5.73 Å². The highest BCUT2D eigenvalue weighted by Gasteiger charge is 2.10. The maximum Gasteiger partial charge on any atom is 0.165 e. The second-order valence-corrected chi connectivity index (χ2v) is 4.66. The summed E-state index contributed by atoms with van der Waals surface area (Å²) in [6.45, 7) is 0. The molecule has 1 aromatic heterocycles. The lowest BCUT2D eigenvalue weighted by Gasteiger charge is -2.08. The zero-order valence-electron chi connectivity index (χ0n) is 10.9. The molecular weight excluding hydrogens is 250 g/mol. The number of nitrogens with one attached hydrogen (secondary N) is 1. The molecule has 0 aliphatic heterocycles. The number of hydrogen-bond acceptors (Lipinski definition) is 4. The Kier molecular flexibility index (Phi) is 3.52. The van der Waals surface area contributed by atoms with E-state index in [9.17, 15) is 0 Å². The van der Waals surface area contributed by atoms with Crippen LogP contribution in [0.1, 0.15) is 17.4 Å². The maximum absolute atomic E-state index is 6.05. The summed E-state index contributed by atoms with van der Waals surface area (Å²) in [7, 11) is 0. The first-order chi connectivity index (χ1) is 9.83. The van der Waals surface area contributed by atoms with E-state index in [1.165, 1.54) is 11.1 Å². The predicted molar refractivity (Wildman–Crippen MR) is 76.7 cm³/mol. The van der Waals surface area contributed by atoms with Crippen LogP contribution in [0.2, 0.25) is 0 Å². The number of nitrogens with zero attached hydrogens (tertiary/aromatic N) is 3. The summed E-state index contributed by atoms with van der Waals surface area (Å²) in [5, 5.41) is 13.6. The Hall–Kier alpha value is -2.53. The molecule has 3 N–H and O–H groups in total. The van der Waals surface area contributed by atoms with E-state index in [1.54, 1.807) is 0 Å². The summed E-state index contributed by atoms with van der Waals surface area (Å²) in [4.78, 5) is 0. The third kappa shape index (κ3) is 2.73. The standard InChI is InChI=1S/C15H15N5/c16-14(15-17-19-20-18-15)10-11-6-8-13(9-7-11)12-4-2-1-3-5-12/h1-9,14H,10,16H2,(H,17,18,19,20)/t14-/m0/s1. The number of aromatic nitrogens is 4. The average Bonchev–Trinajstić information content (AvgIpc) is 3.03. The van der Waals surface area contributed by atoms with Crippen molar-refractivity contribution < 1.29 is 0 Å². The number of rotatable bonds is 4. The molecule has 0 spiro atoms. The van der Waals surface area contributed by atoms with Crippen LogP contribution >= 0.6 is 0 Å². The van der Waals surface area contributed by atoms with Crippen molar-refractivity contribution in [1.82, 2.24) is 20.6 Å². The molecule has 0 aliphatic rings. The smallest absolute Gasteiger partial charge is 0.165 e. The van der Waals surface area contributed by atoms with Crippen LogP contribution in [-0.4, -0.2) is 20.6 Å². The van der Waals surface area contributed by atoms with Crippen LogP contribution in [0.4, 0.5) is 0 Å². The van der Waals surface area contributed by atoms with Crippen molar-refractivity contribution in [2.45, 2.75) is 12.5 Å². The van der Waals surface area contributed by atoms with Crippen LogP contribution in [0.5, 0.6) is 0 Å². The first kappa shape index (κ1) is 12.5. The van der Waals surface area contributed by atoms with Gasteiger partial charge in [0.05, 0.1) is 6.04 Å². The summed E-state index contributed by atoms with van der Waals surface area (Å²) in [5.74, 6) is 0.608. The van der Waals surface area contributed by atoms with Crippen molar-refractivity contribution >= 4 is 0 Å². The fourth-order valence-corrected chi connectivity index (χ4v) is 2.14. The van der Waals surface area contributed by atoms with Crippen molar-refractivity contribution in [1.29, 1.82) is 0 Å². The average molecular weight is 265 g/mol. The van der Waals surface area contributed by atoms with E-state index in [0.29, 0.717) is 12.2 Å². The highest BCUT2D eigenvalue weighted by Crippen LogP contribution is 2.20. The molecule has 100 valence electrons. The largest absolute Gasteiger partial charge is 0.321 e. The van der Waals surface area contributed by atoms with Gasteiger partial charge in [-0.15, -0.1) is 5.10 Å². The minimum absolute atomic E-state index is 0.215.